The van der Waals surface area contributed by atoms with E-state index in [2.05, 4.69) is 4.53 Å². The number of hydrogen-bond donors (Lipinski definition) is 0. The van der Waals surface area contributed by atoms with Crippen molar-refractivity contribution in [3.63, 3.8) is 0 Å². The number of rotatable bonds is 2. The van der Waals surface area contributed by atoms with Gasteiger partial charge in [-0.05, 0) is 11.6 Å². The highest BCUT2D eigenvalue weighted by molar-refractivity contribution is 7.41. The molecule has 2 nitrogen and oxygen atoms in total. The Kier molecular flexibility index (Phi) is 4.13. The van der Waals surface area contributed by atoms with Crippen LogP contribution < -0.4 is 0 Å². The van der Waals surface area contributed by atoms with E-state index in [1.165, 1.54) is 0 Å². The molecule has 0 radical (unpaired) electrons. The molecule has 86 valence electrons. The van der Waals surface area contributed by atoms with E-state index in [4.69, 9.17) is 22.2 Å². The summed E-state index contributed by atoms with van der Waals surface area (Å²) in [4.78, 5) is 0. The Morgan fingerprint density at radius 2 is 1.29 bits per heavy atom. The Morgan fingerprint density at radius 3 is 1.36 bits per heavy atom. The molecule has 0 rings (SSSR count). The molecule has 0 aromatic rings. The van der Waals surface area contributed by atoms with Crippen molar-refractivity contribution in [2.45, 2.75) is 19.1 Å². The van der Waals surface area contributed by atoms with Gasteiger partial charge in [-0.15, -0.1) is 22.2 Å². The van der Waals surface area contributed by atoms with Crippen LogP contribution in [0.1, 0.15) is 0 Å². The normalized spacial score (nSPS) is 15.0. The summed E-state index contributed by atoms with van der Waals surface area (Å²) < 4.78 is 73.8. The van der Waals surface area contributed by atoms with Crippen molar-refractivity contribution < 1.29 is 30.9 Å². The standard InChI is InChI=1S/C3H3Cl2F6NOSi/c1-14(4,5)13-12(2(6,7)8)3(9,10)11/h1H3. The van der Waals surface area contributed by atoms with Gasteiger partial charge in [0, 0.05) is 0 Å². The van der Waals surface area contributed by atoms with Crippen molar-refractivity contribution in [2.24, 2.45) is 0 Å². The van der Waals surface area contributed by atoms with Crippen LogP contribution in [0.5, 0.6) is 0 Å². The zero-order valence-corrected chi connectivity index (χ0v) is 8.89. The first-order chi connectivity index (χ1) is 5.84. The summed E-state index contributed by atoms with van der Waals surface area (Å²) in [5.74, 6) is 0. The predicted octanol–water partition coefficient (Wildman–Crippen LogP) is 3.31. The van der Waals surface area contributed by atoms with Gasteiger partial charge >= 0.3 is 19.5 Å². The minimum Gasteiger partial charge on any atom is -0.292 e. The highest BCUT2D eigenvalue weighted by Crippen LogP contribution is 2.36. The molecule has 0 saturated heterocycles. The summed E-state index contributed by atoms with van der Waals surface area (Å²) >= 11 is 9.96. The molecule has 0 aliphatic rings. The van der Waals surface area contributed by atoms with Gasteiger partial charge in [-0.3, -0.25) is 4.53 Å². The van der Waals surface area contributed by atoms with Gasteiger partial charge in [0.05, 0.1) is 0 Å². The maximum atomic E-state index is 11.7. The molecular formula is C3H3Cl2F6NOSi. The number of hydrogen-bond acceptors (Lipinski definition) is 2. The third kappa shape index (κ3) is 5.25. The Hall–Kier alpha value is 0.297. The quantitative estimate of drug-likeness (QED) is 0.253. The Balaban J connectivity index is 4.78. The highest BCUT2D eigenvalue weighted by atomic mass is 35.7. The zero-order chi connectivity index (χ0) is 11.8. The van der Waals surface area contributed by atoms with Crippen molar-refractivity contribution in [2.75, 3.05) is 0 Å². The summed E-state index contributed by atoms with van der Waals surface area (Å²) in [6.07, 6.45) is -11.5. The van der Waals surface area contributed by atoms with Crippen LogP contribution in [0.4, 0.5) is 26.3 Å². The molecule has 0 spiro atoms. The fraction of sp³-hybridized carbons (Fsp3) is 1.00. The molecule has 0 atom stereocenters. The van der Waals surface area contributed by atoms with Crippen molar-refractivity contribution in [1.82, 2.24) is 5.06 Å². The summed E-state index contributed by atoms with van der Waals surface area (Å²) in [6, 6.07) is 0. The van der Waals surface area contributed by atoms with Crippen LogP contribution in [0.2, 0.25) is 6.55 Å². The van der Waals surface area contributed by atoms with Gasteiger partial charge < -0.3 is 0 Å². The van der Waals surface area contributed by atoms with Crippen LogP contribution in [0.25, 0.3) is 0 Å². The topological polar surface area (TPSA) is 12.5 Å². The molecule has 14 heavy (non-hydrogen) atoms. The van der Waals surface area contributed by atoms with E-state index in [0.717, 1.165) is 6.55 Å². The lowest BCUT2D eigenvalue weighted by atomic mass is 10.9. The van der Waals surface area contributed by atoms with Crippen molar-refractivity contribution >= 4 is 29.1 Å². The van der Waals surface area contributed by atoms with E-state index in [-0.39, 0.29) is 0 Å². The van der Waals surface area contributed by atoms with Gasteiger partial charge in [0.15, 0.2) is 0 Å². The lowest BCUT2D eigenvalue weighted by Gasteiger charge is -2.28. The molecule has 0 aromatic carbocycles. The van der Waals surface area contributed by atoms with Crippen molar-refractivity contribution in [1.29, 1.82) is 0 Å². The van der Waals surface area contributed by atoms with E-state index in [1.54, 1.807) is 0 Å². The predicted molar refractivity (Wildman–Crippen MR) is 38.4 cm³/mol. The van der Waals surface area contributed by atoms with E-state index < -0.39 is 24.6 Å². The summed E-state index contributed by atoms with van der Waals surface area (Å²) in [5, 5.41) is -2.12. The van der Waals surface area contributed by atoms with Gasteiger partial charge in [0.2, 0.25) is 0 Å². The van der Waals surface area contributed by atoms with Crippen molar-refractivity contribution in [3.05, 3.63) is 0 Å². The highest BCUT2D eigenvalue weighted by Gasteiger charge is 2.58. The second-order valence-corrected chi connectivity index (χ2v) is 8.84. The van der Waals surface area contributed by atoms with Gasteiger partial charge in [0.25, 0.3) is 0 Å². The fourth-order valence-corrected chi connectivity index (χ4v) is 1.35. The molecule has 0 fully saturated rings. The number of hydroxylamine groups is 2. The Morgan fingerprint density at radius 1 is 1.00 bits per heavy atom. The molecule has 0 bridgehead atoms. The first kappa shape index (κ1) is 14.3. The molecular weight excluding hydrogens is 279 g/mol. The van der Waals surface area contributed by atoms with Gasteiger partial charge in [-0.25, -0.2) is 0 Å². The molecule has 0 heterocycles. The van der Waals surface area contributed by atoms with Crippen LogP contribution in [-0.2, 0) is 4.53 Å². The lowest BCUT2D eigenvalue weighted by molar-refractivity contribution is -0.458. The summed E-state index contributed by atoms with van der Waals surface area (Å²) in [6.45, 7) is -3.26. The maximum absolute atomic E-state index is 11.7. The van der Waals surface area contributed by atoms with Gasteiger partial charge in [-0.1, -0.05) is 0 Å². The van der Waals surface area contributed by atoms with Crippen LogP contribution in [0.15, 0.2) is 0 Å². The van der Waals surface area contributed by atoms with E-state index >= 15 is 0 Å². The minimum absolute atomic E-state index is 0.751. The second kappa shape index (κ2) is 4.04. The number of nitrogens with zero attached hydrogens (tertiary/aromatic N) is 1. The molecule has 0 aliphatic heterocycles. The van der Waals surface area contributed by atoms with Gasteiger partial charge in [-0.2, -0.15) is 26.3 Å². The fourth-order valence-electron chi connectivity index (χ4n) is 0.408. The van der Waals surface area contributed by atoms with E-state index in [9.17, 15) is 26.3 Å². The average Bonchev–Trinajstić information content (AvgIpc) is 1.75. The molecule has 0 amide bonds. The van der Waals surface area contributed by atoms with Gasteiger partial charge in [0.1, 0.15) is 0 Å². The van der Waals surface area contributed by atoms with Crippen molar-refractivity contribution in [3.8, 4) is 0 Å². The van der Waals surface area contributed by atoms with Crippen LogP contribution in [-0.4, -0.2) is 24.6 Å². The largest absolute Gasteiger partial charge is 0.489 e. The molecule has 0 unspecified atom stereocenters. The molecule has 11 heteroatoms. The average molecular weight is 282 g/mol. The van der Waals surface area contributed by atoms with E-state index in [0.29, 0.717) is 0 Å². The maximum Gasteiger partial charge on any atom is 0.489 e. The first-order valence-electron chi connectivity index (χ1n) is 2.85. The van der Waals surface area contributed by atoms with E-state index in [1.807, 2.05) is 0 Å². The Labute approximate surface area is 84.8 Å². The number of halogens is 8. The SMILES string of the molecule is C[Si](Cl)(Cl)ON(C(F)(F)F)C(F)(F)F. The van der Waals surface area contributed by atoms with Crippen LogP contribution >= 0.6 is 22.2 Å². The number of alkyl halides is 6. The molecule has 0 aromatic heterocycles. The van der Waals surface area contributed by atoms with Crippen LogP contribution in [0, 0.1) is 0 Å². The third-order valence-corrected chi connectivity index (χ3v) is 1.63. The molecule has 0 N–H and O–H groups in total. The minimum atomic E-state index is -5.74. The monoisotopic (exact) mass is 281 g/mol. The lowest BCUT2D eigenvalue weighted by Crippen LogP contribution is -2.51. The third-order valence-electron chi connectivity index (χ3n) is 0.712. The second-order valence-electron chi connectivity index (χ2n) is 2.13. The summed E-state index contributed by atoms with van der Waals surface area (Å²) in [7, 11) is 0. The smallest absolute Gasteiger partial charge is 0.292 e. The summed E-state index contributed by atoms with van der Waals surface area (Å²) in [5.41, 5.74) is 0. The molecule has 0 saturated carbocycles. The molecule has 0 aliphatic carbocycles. The first-order valence-corrected chi connectivity index (χ1v) is 7.28. The zero-order valence-electron chi connectivity index (χ0n) is 6.38. The Bertz CT molecular complexity index is 185. The van der Waals surface area contributed by atoms with Crippen LogP contribution in [0.3, 0.4) is 0 Å².